The highest BCUT2D eigenvalue weighted by Crippen LogP contribution is 2.23. The monoisotopic (exact) mass is 400 g/mol. The Morgan fingerprint density at radius 3 is 2.64 bits per heavy atom. The van der Waals surface area contributed by atoms with Crippen molar-refractivity contribution in [3.63, 3.8) is 0 Å². The van der Waals surface area contributed by atoms with Crippen LogP contribution < -0.4 is 10.1 Å². The molecule has 9 heteroatoms. The first kappa shape index (κ1) is 19.4. The molecule has 0 radical (unpaired) electrons. The highest BCUT2D eigenvalue weighted by atomic mass is 35.5. The molecule has 1 aromatic heterocycles. The lowest BCUT2D eigenvalue weighted by Crippen LogP contribution is -2.15. The minimum atomic E-state index is -0.596. The normalized spacial score (nSPS) is 10.4. The van der Waals surface area contributed by atoms with E-state index >= 15 is 0 Å². The lowest BCUT2D eigenvalue weighted by atomic mass is 10.2. The minimum absolute atomic E-state index is 0.150. The summed E-state index contributed by atoms with van der Waals surface area (Å²) in [6.07, 6.45) is 0. The molecule has 0 bridgehead atoms. The fraction of sp³-hybridized carbons (Fsp3) is 0.158. The summed E-state index contributed by atoms with van der Waals surface area (Å²) in [7, 11) is 2.82. The zero-order valence-electron chi connectivity index (χ0n) is 15.4. The minimum Gasteiger partial charge on any atom is -0.497 e. The molecule has 28 heavy (non-hydrogen) atoms. The van der Waals surface area contributed by atoms with Crippen LogP contribution in [0.2, 0.25) is 5.02 Å². The number of ether oxygens (including phenoxy) is 2. The molecule has 0 saturated carbocycles. The van der Waals surface area contributed by atoms with Gasteiger partial charge in [0.25, 0.3) is 5.91 Å². The number of rotatable bonds is 5. The van der Waals surface area contributed by atoms with Crippen LogP contribution in [0.5, 0.6) is 5.75 Å². The van der Waals surface area contributed by atoms with Gasteiger partial charge in [0.1, 0.15) is 5.75 Å². The van der Waals surface area contributed by atoms with Crippen molar-refractivity contribution < 1.29 is 19.1 Å². The number of benzene rings is 2. The Hall–Kier alpha value is -3.39. The van der Waals surface area contributed by atoms with Gasteiger partial charge in [-0.1, -0.05) is 22.9 Å². The lowest BCUT2D eigenvalue weighted by Gasteiger charge is -2.08. The third-order valence-corrected chi connectivity index (χ3v) is 4.37. The molecule has 0 aliphatic carbocycles. The van der Waals surface area contributed by atoms with E-state index in [1.165, 1.54) is 19.2 Å². The van der Waals surface area contributed by atoms with E-state index in [1.807, 2.05) is 18.2 Å². The Bertz CT molecular complexity index is 1050. The first-order valence-corrected chi connectivity index (χ1v) is 8.58. The van der Waals surface area contributed by atoms with Gasteiger partial charge in [-0.25, -0.2) is 9.48 Å². The van der Waals surface area contributed by atoms with Crippen LogP contribution in [0.3, 0.4) is 0 Å². The molecular weight excluding hydrogens is 384 g/mol. The third-order valence-electron chi connectivity index (χ3n) is 4.04. The quantitative estimate of drug-likeness (QED) is 0.660. The van der Waals surface area contributed by atoms with Gasteiger partial charge >= 0.3 is 5.97 Å². The second kappa shape index (κ2) is 8.10. The maximum Gasteiger partial charge on any atom is 0.339 e. The van der Waals surface area contributed by atoms with Crippen LogP contribution in [-0.4, -0.2) is 41.1 Å². The average Bonchev–Trinajstić information content (AvgIpc) is 3.10. The van der Waals surface area contributed by atoms with E-state index in [9.17, 15) is 9.59 Å². The fourth-order valence-electron chi connectivity index (χ4n) is 2.59. The highest BCUT2D eigenvalue weighted by Gasteiger charge is 2.19. The molecule has 0 fully saturated rings. The number of hydrogen-bond donors (Lipinski definition) is 1. The van der Waals surface area contributed by atoms with Crippen LogP contribution in [-0.2, 0) is 4.74 Å². The van der Waals surface area contributed by atoms with Gasteiger partial charge in [0, 0.05) is 11.8 Å². The van der Waals surface area contributed by atoms with Crippen molar-refractivity contribution in [3.8, 4) is 11.4 Å². The Morgan fingerprint density at radius 1 is 1.14 bits per heavy atom. The van der Waals surface area contributed by atoms with Crippen molar-refractivity contribution in [2.45, 2.75) is 6.92 Å². The maximum atomic E-state index is 12.6. The largest absolute Gasteiger partial charge is 0.497 e. The van der Waals surface area contributed by atoms with Crippen molar-refractivity contribution in [2.75, 3.05) is 19.5 Å². The number of esters is 1. The molecule has 144 valence electrons. The number of carbonyl (C=O) groups excluding carboxylic acids is 2. The molecule has 0 spiro atoms. The maximum absolute atomic E-state index is 12.6. The van der Waals surface area contributed by atoms with Gasteiger partial charge in [-0.3, -0.25) is 4.79 Å². The number of aromatic nitrogens is 3. The molecule has 0 aliphatic rings. The summed E-state index contributed by atoms with van der Waals surface area (Å²) in [6.45, 7) is 1.73. The van der Waals surface area contributed by atoms with Gasteiger partial charge in [0.2, 0.25) is 0 Å². The summed E-state index contributed by atoms with van der Waals surface area (Å²) in [5.74, 6) is -0.402. The van der Waals surface area contributed by atoms with Crippen molar-refractivity contribution in [1.29, 1.82) is 0 Å². The fourth-order valence-corrected chi connectivity index (χ4v) is 2.78. The molecule has 1 heterocycles. The molecule has 1 amide bonds. The van der Waals surface area contributed by atoms with E-state index in [1.54, 1.807) is 30.8 Å². The van der Waals surface area contributed by atoms with Crippen molar-refractivity contribution in [2.24, 2.45) is 0 Å². The first-order chi connectivity index (χ1) is 13.4. The molecule has 2 aromatic carbocycles. The average molecular weight is 401 g/mol. The van der Waals surface area contributed by atoms with Crippen molar-refractivity contribution in [3.05, 3.63) is 64.4 Å². The van der Waals surface area contributed by atoms with Crippen LogP contribution in [0.15, 0.2) is 42.5 Å². The van der Waals surface area contributed by atoms with Gasteiger partial charge in [-0.2, -0.15) is 0 Å². The Balaban J connectivity index is 1.86. The predicted octanol–water partition coefficient (Wildman–Crippen LogP) is 3.28. The van der Waals surface area contributed by atoms with E-state index in [4.69, 9.17) is 16.3 Å². The third kappa shape index (κ3) is 3.81. The Morgan fingerprint density at radius 2 is 1.93 bits per heavy atom. The van der Waals surface area contributed by atoms with E-state index in [-0.39, 0.29) is 16.3 Å². The molecule has 1 N–H and O–H groups in total. The summed E-state index contributed by atoms with van der Waals surface area (Å²) in [5.41, 5.74) is 1.94. The topological polar surface area (TPSA) is 95.3 Å². The number of carbonyl (C=O) groups is 2. The molecule has 0 aliphatic heterocycles. The number of nitrogens with zero attached hydrogens (tertiary/aromatic N) is 3. The van der Waals surface area contributed by atoms with Crippen LogP contribution in [0.25, 0.3) is 5.69 Å². The zero-order chi connectivity index (χ0) is 20.3. The molecular formula is C19H17ClN4O4. The molecule has 0 atom stereocenters. The van der Waals surface area contributed by atoms with E-state index < -0.39 is 11.9 Å². The smallest absolute Gasteiger partial charge is 0.339 e. The highest BCUT2D eigenvalue weighted by molar-refractivity contribution is 6.33. The van der Waals surface area contributed by atoms with Crippen molar-refractivity contribution in [1.82, 2.24) is 15.0 Å². The molecule has 3 rings (SSSR count). The SMILES string of the molecule is COC(=O)c1cc(NC(=O)c2nnn(-c3cccc(OC)c3)c2C)ccc1Cl. The molecule has 0 saturated heterocycles. The van der Waals surface area contributed by atoms with Crippen LogP contribution in [0.4, 0.5) is 5.69 Å². The lowest BCUT2D eigenvalue weighted by molar-refractivity contribution is 0.0600. The Kier molecular flexibility index (Phi) is 5.60. The van der Waals surface area contributed by atoms with Crippen LogP contribution in [0.1, 0.15) is 26.5 Å². The molecule has 8 nitrogen and oxygen atoms in total. The van der Waals surface area contributed by atoms with E-state index in [0.29, 0.717) is 22.8 Å². The number of amides is 1. The zero-order valence-corrected chi connectivity index (χ0v) is 16.1. The number of halogens is 1. The van der Waals surface area contributed by atoms with E-state index in [2.05, 4.69) is 20.4 Å². The predicted molar refractivity (Wildman–Crippen MR) is 103 cm³/mol. The van der Waals surface area contributed by atoms with Gasteiger partial charge in [-0.15, -0.1) is 5.10 Å². The van der Waals surface area contributed by atoms with Gasteiger partial charge in [0.05, 0.1) is 36.2 Å². The first-order valence-electron chi connectivity index (χ1n) is 8.20. The summed E-state index contributed by atoms with van der Waals surface area (Å²) in [5, 5.41) is 10.9. The number of anilines is 1. The van der Waals surface area contributed by atoms with E-state index in [0.717, 1.165) is 0 Å². The number of hydrogen-bond acceptors (Lipinski definition) is 6. The second-order valence-electron chi connectivity index (χ2n) is 5.78. The number of nitrogens with one attached hydrogen (secondary N) is 1. The summed E-state index contributed by atoms with van der Waals surface area (Å²) in [6, 6.07) is 11.8. The van der Waals surface area contributed by atoms with Crippen molar-refractivity contribution >= 4 is 29.2 Å². The summed E-state index contributed by atoms with van der Waals surface area (Å²) >= 11 is 6.00. The van der Waals surface area contributed by atoms with Gasteiger partial charge in [-0.05, 0) is 37.3 Å². The molecule has 3 aromatic rings. The molecule has 0 unspecified atom stereocenters. The van der Waals surface area contributed by atoms with Gasteiger partial charge in [0.15, 0.2) is 5.69 Å². The Labute approximate surface area is 166 Å². The standard InChI is InChI=1S/C19H17ClN4O4/c1-11-17(22-23-24(11)13-5-4-6-14(10-13)27-2)18(25)21-12-7-8-16(20)15(9-12)19(26)28-3/h4-10H,1-3H3,(H,21,25). The van der Waals surface area contributed by atoms with Crippen LogP contribution in [0, 0.1) is 6.92 Å². The van der Waals surface area contributed by atoms with Crippen LogP contribution >= 0.6 is 11.6 Å². The van der Waals surface area contributed by atoms with Gasteiger partial charge < -0.3 is 14.8 Å². The summed E-state index contributed by atoms with van der Waals surface area (Å²) < 4.78 is 11.4. The number of methoxy groups -OCH3 is 2. The summed E-state index contributed by atoms with van der Waals surface area (Å²) in [4.78, 5) is 24.4. The second-order valence-corrected chi connectivity index (χ2v) is 6.18.